The Morgan fingerprint density at radius 1 is 0.864 bits per heavy atom. The van der Waals surface area contributed by atoms with Crippen molar-refractivity contribution in [2.45, 2.75) is 6.92 Å². The number of aliphatic carboxylic acids is 1. The molecule has 0 heterocycles. The third-order valence-corrected chi connectivity index (χ3v) is 1.84. The molecule has 0 unspecified atom stereocenters. The number of carbonyl (C=O) groups is 1. The normalized spacial score (nSPS) is 9.41. The molecule has 2 aromatic rings. The molecule has 120 valence electrons. The van der Waals surface area contributed by atoms with Crippen molar-refractivity contribution in [2.24, 2.45) is 0 Å². The summed E-state index contributed by atoms with van der Waals surface area (Å²) in [6.07, 6.45) is 0. The molecule has 0 saturated carbocycles. The van der Waals surface area contributed by atoms with E-state index in [0.29, 0.717) is 0 Å². The van der Waals surface area contributed by atoms with Crippen molar-refractivity contribution in [3.8, 4) is 0 Å². The van der Waals surface area contributed by atoms with Gasteiger partial charge < -0.3 is 10.4 Å². The highest BCUT2D eigenvalue weighted by Crippen LogP contribution is 2.14. The lowest BCUT2D eigenvalue weighted by Crippen LogP contribution is -1.89. The van der Waals surface area contributed by atoms with Gasteiger partial charge in [-0.2, -0.15) is 8.42 Å². The van der Waals surface area contributed by atoms with Crippen LogP contribution in [0.5, 0.6) is 0 Å². The largest absolute Gasteiger partial charge is 0.481 e. The number of benzene rings is 2. The van der Waals surface area contributed by atoms with E-state index < -0.39 is 16.4 Å². The maximum absolute atomic E-state index is 9.00. The third kappa shape index (κ3) is 15.6. The van der Waals surface area contributed by atoms with Crippen LogP contribution in [0.15, 0.2) is 60.7 Å². The van der Waals surface area contributed by atoms with Crippen molar-refractivity contribution in [2.75, 3.05) is 5.32 Å². The fourth-order valence-corrected chi connectivity index (χ4v) is 1.21. The molecule has 0 aromatic heterocycles. The first-order chi connectivity index (χ1) is 10.2. The van der Waals surface area contributed by atoms with Crippen LogP contribution in [-0.2, 0) is 15.2 Å². The summed E-state index contributed by atoms with van der Waals surface area (Å²) in [6, 6.07) is 20.3. The van der Waals surface area contributed by atoms with Crippen LogP contribution in [0.25, 0.3) is 0 Å². The lowest BCUT2D eigenvalue weighted by Gasteiger charge is -2.04. The lowest BCUT2D eigenvalue weighted by atomic mass is 10.3. The van der Waals surface area contributed by atoms with Crippen LogP contribution >= 0.6 is 0 Å². The van der Waals surface area contributed by atoms with E-state index in [-0.39, 0.29) is 0 Å². The van der Waals surface area contributed by atoms with Gasteiger partial charge in [0.1, 0.15) is 0 Å². The number of para-hydroxylation sites is 2. The first-order valence-electron chi connectivity index (χ1n) is 5.95. The molecular formula is C14H17NO6S. The monoisotopic (exact) mass is 327 g/mol. The fraction of sp³-hybridized carbons (Fsp3) is 0.0714. The Labute approximate surface area is 128 Å². The van der Waals surface area contributed by atoms with E-state index in [1.165, 1.54) is 0 Å². The van der Waals surface area contributed by atoms with Crippen LogP contribution in [-0.4, -0.2) is 28.6 Å². The molecule has 0 radical (unpaired) electrons. The van der Waals surface area contributed by atoms with Gasteiger partial charge in [-0.3, -0.25) is 13.9 Å². The summed E-state index contributed by atoms with van der Waals surface area (Å²) in [5.41, 5.74) is 2.24. The number of carboxylic acids is 1. The molecular weight excluding hydrogens is 310 g/mol. The molecule has 8 heteroatoms. The number of carboxylic acid groups (broad SMARTS) is 1. The zero-order valence-corrected chi connectivity index (χ0v) is 12.6. The second-order valence-electron chi connectivity index (χ2n) is 3.82. The minimum absolute atomic E-state index is 0.833. The summed E-state index contributed by atoms with van der Waals surface area (Å²) in [5, 5.41) is 10.7. The molecule has 0 saturated heterocycles. The van der Waals surface area contributed by atoms with Crippen molar-refractivity contribution in [1.82, 2.24) is 0 Å². The van der Waals surface area contributed by atoms with Gasteiger partial charge in [0.05, 0.1) is 0 Å². The third-order valence-electron chi connectivity index (χ3n) is 1.84. The average Bonchev–Trinajstić information content (AvgIpc) is 2.38. The van der Waals surface area contributed by atoms with Crippen LogP contribution in [0.3, 0.4) is 0 Å². The van der Waals surface area contributed by atoms with Crippen molar-refractivity contribution >= 4 is 27.7 Å². The molecule has 0 aliphatic rings. The maximum atomic E-state index is 9.00. The highest BCUT2D eigenvalue weighted by atomic mass is 32.3. The smallest absolute Gasteiger partial charge is 0.394 e. The molecule has 0 bridgehead atoms. The van der Waals surface area contributed by atoms with E-state index in [1.54, 1.807) is 0 Å². The fourth-order valence-electron chi connectivity index (χ4n) is 1.21. The van der Waals surface area contributed by atoms with Crippen LogP contribution in [0, 0.1) is 0 Å². The molecule has 2 aromatic carbocycles. The topological polar surface area (TPSA) is 124 Å². The van der Waals surface area contributed by atoms with Gasteiger partial charge in [0.2, 0.25) is 0 Å². The van der Waals surface area contributed by atoms with Gasteiger partial charge in [0.15, 0.2) is 0 Å². The summed E-state index contributed by atoms with van der Waals surface area (Å²) in [6.45, 7) is 1.08. The lowest BCUT2D eigenvalue weighted by molar-refractivity contribution is -0.134. The summed E-state index contributed by atoms with van der Waals surface area (Å²) >= 11 is 0. The molecule has 0 amide bonds. The van der Waals surface area contributed by atoms with Crippen LogP contribution in [0.4, 0.5) is 11.4 Å². The van der Waals surface area contributed by atoms with E-state index in [4.69, 9.17) is 27.4 Å². The van der Waals surface area contributed by atoms with E-state index in [9.17, 15) is 0 Å². The van der Waals surface area contributed by atoms with Gasteiger partial charge >= 0.3 is 10.4 Å². The number of nitrogens with one attached hydrogen (secondary N) is 1. The summed E-state index contributed by atoms with van der Waals surface area (Å²) in [4.78, 5) is 9.00. The van der Waals surface area contributed by atoms with E-state index in [0.717, 1.165) is 18.3 Å². The minimum atomic E-state index is -4.67. The van der Waals surface area contributed by atoms with Gasteiger partial charge in [-0.25, -0.2) is 0 Å². The Balaban J connectivity index is 0.000000411. The highest BCUT2D eigenvalue weighted by molar-refractivity contribution is 7.79. The van der Waals surface area contributed by atoms with Crippen LogP contribution in [0.2, 0.25) is 0 Å². The Morgan fingerprint density at radius 3 is 1.32 bits per heavy atom. The molecule has 0 atom stereocenters. The number of hydrogen-bond donors (Lipinski definition) is 4. The van der Waals surface area contributed by atoms with E-state index in [1.807, 2.05) is 60.7 Å². The predicted molar refractivity (Wildman–Crippen MR) is 83.7 cm³/mol. The second-order valence-corrected chi connectivity index (χ2v) is 4.72. The molecule has 0 aliphatic heterocycles. The molecule has 7 nitrogen and oxygen atoms in total. The molecule has 0 spiro atoms. The molecule has 0 fully saturated rings. The number of hydrogen-bond acceptors (Lipinski definition) is 4. The molecule has 22 heavy (non-hydrogen) atoms. The summed E-state index contributed by atoms with van der Waals surface area (Å²) in [7, 11) is -4.67. The highest BCUT2D eigenvalue weighted by Gasteiger charge is 1.89. The van der Waals surface area contributed by atoms with Crippen molar-refractivity contribution < 1.29 is 27.4 Å². The molecule has 0 aliphatic carbocycles. The van der Waals surface area contributed by atoms with Crippen LogP contribution in [0.1, 0.15) is 6.92 Å². The number of anilines is 2. The van der Waals surface area contributed by atoms with Gasteiger partial charge in [-0.1, -0.05) is 36.4 Å². The van der Waals surface area contributed by atoms with Gasteiger partial charge in [-0.15, -0.1) is 0 Å². The SMILES string of the molecule is CC(=O)O.O=S(=O)(O)O.c1ccc(Nc2ccccc2)cc1. The predicted octanol–water partition coefficient (Wildman–Crippen LogP) is 2.87. The van der Waals surface area contributed by atoms with Gasteiger partial charge in [0, 0.05) is 18.3 Å². The van der Waals surface area contributed by atoms with Crippen molar-refractivity contribution in [3.63, 3.8) is 0 Å². The number of rotatable bonds is 2. The first kappa shape index (κ1) is 19.6. The zero-order chi connectivity index (χ0) is 17.0. The second kappa shape index (κ2) is 10.3. The van der Waals surface area contributed by atoms with Gasteiger partial charge in [0.25, 0.3) is 5.97 Å². The Morgan fingerprint density at radius 2 is 1.09 bits per heavy atom. The summed E-state index contributed by atoms with van der Waals surface area (Å²) < 4.78 is 31.6. The maximum Gasteiger partial charge on any atom is 0.394 e. The molecule has 2 rings (SSSR count). The van der Waals surface area contributed by atoms with Crippen molar-refractivity contribution in [1.29, 1.82) is 0 Å². The minimum Gasteiger partial charge on any atom is -0.481 e. The average molecular weight is 327 g/mol. The summed E-state index contributed by atoms with van der Waals surface area (Å²) in [5.74, 6) is -0.833. The van der Waals surface area contributed by atoms with E-state index in [2.05, 4.69) is 5.32 Å². The van der Waals surface area contributed by atoms with Crippen molar-refractivity contribution in [3.05, 3.63) is 60.7 Å². The van der Waals surface area contributed by atoms with Crippen LogP contribution < -0.4 is 5.32 Å². The molecule has 4 N–H and O–H groups in total. The quantitative estimate of drug-likeness (QED) is 0.625. The van der Waals surface area contributed by atoms with Gasteiger partial charge in [-0.05, 0) is 24.3 Å². The Bertz CT molecular complexity index is 594. The van der Waals surface area contributed by atoms with E-state index >= 15 is 0 Å². The first-order valence-corrected chi connectivity index (χ1v) is 7.34. The standard InChI is InChI=1S/C12H11N.C2H4O2.H2O4S/c1-3-7-11(8-4-1)13-12-9-5-2-6-10-12;1-2(3)4;1-5(2,3)4/h1-10,13H;1H3,(H,3,4);(H2,1,2,3,4). The zero-order valence-electron chi connectivity index (χ0n) is 11.7. The Hall–Kier alpha value is -2.42. The Kier molecular flexibility index (Phi) is 9.19.